The van der Waals surface area contributed by atoms with Crippen LogP contribution in [0.1, 0.15) is 11.1 Å². The minimum atomic E-state index is -0.193. The highest BCUT2D eigenvalue weighted by Crippen LogP contribution is 2.32. The van der Waals surface area contributed by atoms with Crippen LogP contribution in [0.3, 0.4) is 0 Å². The number of carbonyl (C=O) groups excluding carboxylic acids is 1. The van der Waals surface area contributed by atoms with Gasteiger partial charge in [-0.2, -0.15) is 0 Å². The molecule has 0 radical (unpaired) electrons. The maximum absolute atomic E-state index is 13.4. The van der Waals surface area contributed by atoms with E-state index in [0.717, 1.165) is 32.7 Å². The van der Waals surface area contributed by atoms with Crippen LogP contribution in [-0.4, -0.2) is 62.6 Å². The largest absolute Gasteiger partial charge is 0.353 e. The van der Waals surface area contributed by atoms with Crippen molar-refractivity contribution in [2.75, 3.05) is 38.1 Å². The average Bonchev–Trinajstić information content (AvgIpc) is 3.08. The van der Waals surface area contributed by atoms with Crippen molar-refractivity contribution in [3.05, 3.63) is 81.1 Å². The molecule has 0 saturated carbocycles. The third-order valence-corrected chi connectivity index (χ3v) is 7.42. The molecule has 9 heteroatoms. The van der Waals surface area contributed by atoms with E-state index in [1.165, 1.54) is 26.6 Å². The van der Waals surface area contributed by atoms with E-state index in [9.17, 15) is 9.59 Å². The number of thioether (sulfide) groups is 1. The van der Waals surface area contributed by atoms with Gasteiger partial charge in [-0.15, -0.1) is 0 Å². The van der Waals surface area contributed by atoms with Crippen molar-refractivity contribution in [1.82, 2.24) is 19.2 Å². The summed E-state index contributed by atoms with van der Waals surface area (Å²) in [6, 6.07) is 15.9. The molecule has 7 nitrogen and oxygen atoms in total. The van der Waals surface area contributed by atoms with Crippen LogP contribution in [0, 0.1) is 0 Å². The van der Waals surface area contributed by atoms with Crippen LogP contribution in [0.15, 0.2) is 64.4 Å². The molecular formula is C24H23N5O2S2. The molecule has 0 aliphatic carbocycles. The van der Waals surface area contributed by atoms with Crippen molar-refractivity contribution >= 4 is 51.7 Å². The van der Waals surface area contributed by atoms with Gasteiger partial charge < -0.3 is 4.90 Å². The molecule has 168 valence electrons. The van der Waals surface area contributed by atoms with Crippen LogP contribution < -0.4 is 10.5 Å². The number of anilines is 1. The molecule has 1 aromatic carbocycles. The number of benzene rings is 1. The van der Waals surface area contributed by atoms with Crippen molar-refractivity contribution in [3.8, 4) is 0 Å². The summed E-state index contributed by atoms with van der Waals surface area (Å²) in [6.07, 6.45) is 3.36. The van der Waals surface area contributed by atoms with E-state index in [4.69, 9.17) is 17.2 Å². The lowest BCUT2D eigenvalue weighted by Gasteiger charge is -2.36. The smallest absolute Gasteiger partial charge is 0.267 e. The Bertz CT molecular complexity index is 1310. The molecule has 4 heterocycles. The summed E-state index contributed by atoms with van der Waals surface area (Å²) >= 11 is 6.47. The molecule has 0 bridgehead atoms. The Morgan fingerprint density at radius 2 is 1.76 bits per heavy atom. The number of fused-ring (bicyclic) bond motifs is 1. The summed E-state index contributed by atoms with van der Waals surface area (Å²) in [5.41, 5.74) is 2.10. The van der Waals surface area contributed by atoms with Crippen molar-refractivity contribution in [3.63, 3.8) is 0 Å². The highest BCUT2D eigenvalue weighted by Gasteiger charge is 2.30. The standard InChI is InChI=1S/C24H23N5O2S2/c1-26-23(31)19(33-24(26)32)15-18-21(25-20-9-5-6-10-29(20)22(18)30)28-13-11-27(12-14-28)16-17-7-3-2-4-8-17/h2-10,15H,11-14,16H2,1H3/b19-15-. The highest BCUT2D eigenvalue weighted by molar-refractivity contribution is 8.26. The quantitative estimate of drug-likeness (QED) is 0.423. The second-order valence-electron chi connectivity index (χ2n) is 8.07. The third kappa shape index (κ3) is 4.31. The van der Waals surface area contributed by atoms with E-state index in [1.807, 2.05) is 18.2 Å². The summed E-state index contributed by atoms with van der Waals surface area (Å²) in [5, 5.41) is 0. The van der Waals surface area contributed by atoms with Gasteiger partial charge >= 0.3 is 0 Å². The number of thiocarbonyl (C=S) groups is 1. The zero-order valence-corrected chi connectivity index (χ0v) is 19.8. The summed E-state index contributed by atoms with van der Waals surface area (Å²) < 4.78 is 2.00. The molecule has 2 saturated heterocycles. The van der Waals surface area contributed by atoms with E-state index in [1.54, 1.807) is 25.4 Å². The van der Waals surface area contributed by atoms with Crippen LogP contribution in [0.5, 0.6) is 0 Å². The van der Waals surface area contributed by atoms with Gasteiger partial charge in [0.2, 0.25) is 0 Å². The van der Waals surface area contributed by atoms with Gasteiger partial charge in [-0.25, -0.2) is 4.98 Å². The fourth-order valence-electron chi connectivity index (χ4n) is 4.09. The minimum Gasteiger partial charge on any atom is -0.353 e. The second kappa shape index (κ2) is 9.09. The molecule has 3 aromatic rings. The number of pyridine rings is 1. The number of likely N-dealkylation sites (N-methyl/N-ethyl adjacent to an activating group) is 1. The number of amides is 1. The van der Waals surface area contributed by atoms with E-state index >= 15 is 0 Å². The molecule has 0 atom stereocenters. The van der Waals surface area contributed by atoms with E-state index < -0.39 is 0 Å². The molecule has 2 fully saturated rings. The molecule has 2 aliphatic heterocycles. The van der Waals surface area contributed by atoms with Crippen LogP contribution in [0.2, 0.25) is 0 Å². The normalized spacial score (nSPS) is 18.6. The third-order valence-electron chi connectivity index (χ3n) is 5.93. The van der Waals surface area contributed by atoms with Gasteiger partial charge in [0.05, 0.1) is 10.5 Å². The summed E-state index contributed by atoms with van der Waals surface area (Å²) in [7, 11) is 1.65. The number of hydrogen-bond acceptors (Lipinski definition) is 7. The predicted molar refractivity (Wildman–Crippen MR) is 136 cm³/mol. The molecular weight excluding hydrogens is 454 g/mol. The molecule has 2 aliphatic rings. The number of carbonyl (C=O) groups is 1. The second-order valence-corrected chi connectivity index (χ2v) is 9.75. The number of rotatable bonds is 4. The lowest BCUT2D eigenvalue weighted by Crippen LogP contribution is -2.47. The topological polar surface area (TPSA) is 61.2 Å². The molecule has 33 heavy (non-hydrogen) atoms. The molecule has 2 aromatic heterocycles. The van der Waals surface area contributed by atoms with Gasteiger partial charge in [0.1, 0.15) is 15.8 Å². The zero-order valence-electron chi connectivity index (χ0n) is 18.2. The maximum atomic E-state index is 13.4. The minimum absolute atomic E-state index is 0.191. The first-order valence-corrected chi connectivity index (χ1v) is 12.0. The van der Waals surface area contributed by atoms with Crippen LogP contribution in [0.4, 0.5) is 5.82 Å². The highest BCUT2D eigenvalue weighted by atomic mass is 32.2. The zero-order chi connectivity index (χ0) is 22.9. The van der Waals surface area contributed by atoms with Crippen molar-refractivity contribution in [2.24, 2.45) is 0 Å². The van der Waals surface area contributed by atoms with E-state index in [2.05, 4.69) is 34.1 Å². The first-order chi connectivity index (χ1) is 16.0. The summed E-state index contributed by atoms with van der Waals surface area (Å²) in [4.78, 5) is 37.3. The van der Waals surface area contributed by atoms with Crippen molar-refractivity contribution in [1.29, 1.82) is 0 Å². The fourth-order valence-corrected chi connectivity index (χ4v) is 5.26. The Morgan fingerprint density at radius 3 is 2.45 bits per heavy atom. The Morgan fingerprint density at radius 1 is 1.03 bits per heavy atom. The first-order valence-electron chi connectivity index (χ1n) is 10.8. The van der Waals surface area contributed by atoms with Crippen LogP contribution >= 0.6 is 24.0 Å². The first kappa shape index (κ1) is 21.8. The van der Waals surface area contributed by atoms with Gasteiger partial charge in [0, 0.05) is 46.0 Å². The van der Waals surface area contributed by atoms with Crippen LogP contribution in [0.25, 0.3) is 11.7 Å². The molecule has 5 rings (SSSR count). The van der Waals surface area contributed by atoms with Crippen LogP contribution in [-0.2, 0) is 11.3 Å². The average molecular weight is 478 g/mol. The molecule has 1 amide bonds. The van der Waals surface area contributed by atoms with Gasteiger partial charge in [0.25, 0.3) is 11.5 Å². The lowest BCUT2D eigenvalue weighted by molar-refractivity contribution is -0.121. The monoisotopic (exact) mass is 477 g/mol. The van der Waals surface area contributed by atoms with Gasteiger partial charge in [-0.1, -0.05) is 60.4 Å². The lowest BCUT2D eigenvalue weighted by atomic mass is 10.2. The molecule has 0 unspecified atom stereocenters. The summed E-state index contributed by atoms with van der Waals surface area (Å²) in [6.45, 7) is 4.12. The number of hydrogen-bond donors (Lipinski definition) is 0. The Hall–Kier alpha value is -3.01. The fraction of sp³-hybridized carbons (Fsp3) is 0.250. The van der Waals surface area contributed by atoms with Crippen molar-refractivity contribution < 1.29 is 4.79 Å². The van der Waals surface area contributed by atoms with Gasteiger partial charge in [-0.05, 0) is 23.8 Å². The van der Waals surface area contributed by atoms with Crippen molar-refractivity contribution in [2.45, 2.75) is 6.54 Å². The summed E-state index contributed by atoms with van der Waals surface area (Å²) in [5.74, 6) is 0.424. The molecule has 0 N–H and O–H groups in total. The number of nitrogens with zero attached hydrogens (tertiary/aromatic N) is 5. The predicted octanol–water partition coefficient (Wildman–Crippen LogP) is 2.85. The Kier molecular flexibility index (Phi) is 6.01. The van der Waals surface area contributed by atoms with E-state index in [-0.39, 0.29) is 11.5 Å². The Labute approximate surface area is 201 Å². The number of aromatic nitrogens is 2. The SMILES string of the molecule is CN1C(=O)/C(=C/c2c(N3CCN(Cc4ccccc4)CC3)nc3ccccn3c2=O)SC1=S. The number of piperazine rings is 1. The van der Waals surface area contributed by atoms with Gasteiger partial charge in [-0.3, -0.25) is 23.8 Å². The molecule has 0 spiro atoms. The van der Waals surface area contributed by atoms with E-state index in [0.29, 0.717) is 26.3 Å². The Balaban J connectivity index is 1.48. The van der Waals surface area contributed by atoms with Gasteiger partial charge in [0.15, 0.2) is 0 Å². The maximum Gasteiger partial charge on any atom is 0.267 e.